The maximum absolute atomic E-state index is 13.1. The molecule has 0 atom stereocenters. The highest BCUT2D eigenvalue weighted by Crippen LogP contribution is 2.33. The lowest BCUT2D eigenvalue weighted by molar-refractivity contribution is -0.113. The minimum atomic E-state index is -0.187. The first-order valence-electron chi connectivity index (χ1n) is 10.7. The van der Waals surface area contributed by atoms with Crippen LogP contribution in [0.5, 0.6) is 5.75 Å². The minimum Gasteiger partial charge on any atom is -0.492 e. The lowest BCUT2D eigenvalue weighted by Gasteiger charge is -2.12. The smallest absolute Gasteiger partial charge is 0.272 e. The van der Waals surface area contributed by atoms with Crippen LogP contribution in [0.1, 0.15) is 19.4 Å². The molecule has 0 unspecified atom stereocenters. The highest BCUT2D eigenvalue weighted by Gasteiger charge is 2.17. The first-order valence-corrected chi connectivity index (χ1v) is 12.6. The number of thiophene rings is 1. The number of para-hydroxylation sites is 2. The molecule has 6 nitrogen and oxygen atoms in total. The monoisotopic (exact) mass is 479 g/mol. The largest absolute Gasteiger partial charge is 0.492 e. The molecule has 1 amide bonds. The molecule has 0 aliphatic heterocycles. The second-order valence-corrected chi connectivity index (χ2v) is 9.23. The molecule has 170 valence electrons. The van der Waals surface area contributed by atoms with Gasteiger partial charge in [-0.3, -0.25) is 14.2 Å². The number of amides is 1. The fourth-order valence-electron chi connectivity index (χ4n) is 3.47. The van der Waals surface area contributed by atoms with E-state index < -0.39 is 0 Å². The first kappa shape index (κ1) is 23.1. The summed E-state index contributed by atoms with van der Waals surface area (Å²) in [5.41, 5.74) is 4.37. The molecule has 1 N–H and O–H groups in total. The van der Waals surface area contributed by atoms with E-state index in [0.717, 1.165) is 11.1 Å². The van der Waals surface area contributed by atoms with Crippen LogP contribution in [0.2, 0.25) is 0 Å². The number of rotatable bonds is 8. The molecule has 0 aliphatic rings. The average molecular weight is 480 g/mol. The Hall–Kier alpha value is -3.10. The van der Waals surface area contributed by atoms with E-state index in [2.05, 4.69) is 5.32 Å². The molecular formula is C25H25N3O3S2. The van der Waals surface area contributed by atoms with Crippen molar-refractivity contribution < 1.29 is 9.53 Å². The summed E-state index contributed by atoms with van der Waals surface area (Å²) in [6.07, 6.45) is 0. The molecule has 2 aromatic carbocycles. The van der Waals surface area contributed by atoms with Crippen molar-refractivity contribution in [1.29, 1.82) is 0 Å². The van der Waals surface area contributed by atoms with Gasteiger partial charge in [-0.15, -0.1) is 11.3 Å². The van der Waals surface area contributed by atoms with Gasteiger partial charge in [0.15, 0.2) is 5.16 Å². The van der Waals surface area contributed by atoms with Crippen molar-refractivity contribution in [3.8, 4) is 16.9 Å². The molecule has 0 saturated heterocycles. The number of hydrogen-bond acceptors (Lipinski definition) is 6. The third-order valence-corrected chi connectivity index (χ3v) is 7.05. The van der Waals surface area contributed by atoms with Crippen LogP contribution < -0.4 is 15.6 Å². The van der Waals surface area contributed by atoms with E-state index in [4.69, 9.17) is 9.72 Å². The van der Waals surface area contributed by atoms with Crippen LogP contribution in [0.3, 0.4) is 0 Å². The van der Waals surface area contributed by atoms with Crippen molar-refractivity contribution in [2.45, 2.75) is 32.5 Å². The topological polar surface area (TPSA) is 73.2 Å². The lowest BCUT2D eigenvalue weighted by Crippen LogP contribution is -2.23. The molecule has 2 aromatic heterocycles. The van der Waals surface area contributed by atoms with Gasteiger partial charge >= 0.3 is 0 Å². The van der Waals surface area contributed by atoms with Crippen LogP contribution >= 0.6 is 23.1 Å². The molecule has 0 radical (unpaired) electrons. The third kappa shape index (κ3) is 4.96. The van der Waals surface area contributed by atoms with E-state index in [0.29, 0.717) is 40.0 Å². The number of aromatic nitrogens is 2. The molecule has 8 heteroatoms. The van der Waals surface area contributed by atoms with Crippen LogP contribution in [-0.2, 0) is 11.3 Å². The van der Waals surface area contributed by atoms with Gasteiger partial charge in [0.05, 0.1) is 23.6 Å². The Morgan fingerprint density at radius 3 is 2.64 bits per heavy atom. The molecule has 4 aromatic rings. The molecule has 33 heavy (non-hydrogen) atoms. The van der Waals surface area contributed by atoms with Crippen molar-refractivity contribution in [1.82, 2.24) is 9.55 Å². The molecule has 0 fully saturated rings. The number of nitrogens with zero attached hydrogens (tertiary/aromatic N) is 2. The fraction of sp³-hybridized carbons (Fsp3) is 0.240. The quantitative estimate of drug-likeness (QED) is 0.264. The number of hydrogen-bond donors (Lipinski definition) is 1. The van der Waals surface area contributed by atoms with Gasteiger partial charge in [0.25, 0.3) is 5.56 Å². The summed E-state index contributed by atoms with van der Waals surface area (Å²) in [7, 11) is 0. The van der Waals surface area contributed by atoms with Crippen LogP contribution in [0, 0.1) is 6.92 Å². The van der Waals surface area contributed by atoms with Gasteiger partial charge in [-0.25, -0.2) is 4.98 Å². The number of ether oxygens (including phenoxy) is 1. The number of fused-ring (bicyclic) bond motifs is 1. The van der Waals surface area contributed by atoms with Gasteiger partial charge in [-0.05, 0) is 38.5 Å². The van der Waals surface area contributed by atoms with Gasteiger partial charge in [-0.1, -0.05) is 53.7 Å². The van der Waals surface area contributed by atoms with Crippen LogP contribution in [-0.4, -0.2) is 27.8 Å². The Morgan fingerprint density at radius 2 is 1.91 bits per heavy atom. The maximum Gasteiger partial charge on any atom is 0.272 e. The predicted octanol–water partition coefficient (Wildman–Crippen LogP) is 5.58. The Balaban J connectivity index is 1.61. The van der Waals surface area contributed by atoms with Crippen molar-refractivity contribution in [2.24, 2.45) is 0 Å². The Labute approximate surface area is 200 Å². The first-order chi connectivity index (χ1) is 16.0. The zero-order valence-corrected chi connectivity index (χ0v) is 20.4. The van der Waals surface area contributed by atoms with E-state index in [1.807, 2.05) is 68.6 Å². The van der Waals surface area contributed by atoms with Crippen LogP contribution in [0.4, 0.5) is 5.69 Å². The Morgan fingerprint density at radius 1 is 1.15 bits per heavy atom. The summed E-state index contributed by atoms with van der Waals surface area (Å²) in [5, 5.41) is 5.41. The highest BCUT2D eigenvalue weighted by atomic mass is 32.2. The van der Waals surface area contributed by atoms with Gasteiger partial charge in [0.2, 0.25) is 5.91 Å². The number of benzene rings is 2. The van der Waals surface area contributed by atoms with Crippen molar-refractivity contribution in [3.63, 3.8) is 0 Å². The van der Waals surface area contributed by atoms with Crippen molar-refractivity contribution >= 4 is 44.9 Å². The average Bonchev–Trinajstić information content (AvgIpc) is 3.24. The van der Waals surface area contributed by atoms with E-state index in [9.17, 15) is 9.59 Å². The lowest BCUT2D eigenvalue weighted by atomic mass is 10.1. The second-order valence-electron chi connectivity index (χ2n) is 7.40. The zero-order chi connectivity index (χ0) is 23.4. The Bertz CT molecular complexity index is 1340. The van der Waals surface area contributed by atoms with Crippen molar-refractivity contribution in [2.75, 3.05) is 17.7 Å². The normalized spacial score (nSPS) is 11.0. The van der Waals surface area contributed by atoms with E-state index in [-0.39, 0.29) is 17.2 Å². The predicted molar refractivity (Wildman–Crippen MR) is 137 cm³/mol. The summed E-state index contributed by atoms with van der Waals surface area (Å²) in [6, 6.07) is 15.5. The van der Waals surface area contributed by atoms with Crippen LogP contribution in [0.15, 0.2) is 63.9 Å². The molecule has 4 rings (SSSR count). The number of anilines is 1. The molecular weight excluding hydrogens is 454 g/mol. The number of thioether (sulfide) groups is 1. The molecule has 0 spiro atoms. The van der Waals surface area contributed by atoms with E-state index in [1.165, 1.54) is 28.7 Å². The fourth-order valence-corrected chi connectivity index (χ4v) is 5.29. The second kappa shape index (κ2) is 10.2. The number of carbonyl (C=O) groups excluding carboxylic acids is 1. The summed E-state index contributed by atoms with van der Waals surface area (Å²) in [4.78, 5) is 30.6. The van der Waals surface area contributed by atoms with Gasteiger partial charge in [-0.2, -0.15) is 0 Å². The molecule has 0 saturated carbocycles. The number of carbonyl (C=O) groups is 1. The Kier molecular flexibility index (Phi) is 7.15. The molecule has 0 bridgehead atoms. The molecule has 0 aliphatic carbocycles. The SMILES string of the molecule is CCOc1ccccc1NC(=O)CSc1nc2c(-c3ccc(C)cc3)csc2c(=O)n1CC. The van der Waals surface area contributed by atoms with E-state index in [1.54, 1.807) is 10.6 Å². The minimum absolute atomic E-state index is 0.0736. The van der Waals surface area contributed by atoms with Gasteiger partial charge in [0.1, 0.15) is 10.4 Å². The van der Waals surface area contributed by atoms with Crippen molar-refractivity contribution in [3.05, 3.63) is 69.8 Å². The summed E-state index contributed by atoms with van der Waals surface area (Å²) in [6.45, 7) is 6.84. The number of aryl methyl sites for hydroxylation is 1. The highest BCUT2D eigenvalue weighted by molar-refractivity contribution is 7.99. The number of nitrogens with one attached hydrogen (secondary N) is 1. The third-order valence-electron chi connectivity index (χ3n) is 5.11. The summed E-state index contributed by atoms with van der Waals surface area (Å²) in [5.74, 6) is 0.570. The molecule has 2 heterocycles. The maximum atomic E-state index is 13.1. The zero-order valence-electron chi connectivity index (χ0n) is 18.8. The van der Waals surface area contributed by atoms with E-state index >= 15 is 0 Å². The van der Waals surface area contributed by atoms with Crippen LogP contribution in [0.25, 0.3) is 21.3 Å². The van der Waals surface area contributed by atoms with Gasteiger partial charge in [0, 0.05) is 17.5 Å². The van der Waals surface area contributed by atoms with Gasteiger partial charge < -0.3 is 10.1 Å². The summed E-state index contributed by atoms with van der Waals surface area (Å²) < 4.78 is 7.84. The summed E-state index contributed by atoms with van der Waals surface area (Å²) >= 11 is 2.67. The standard InChI is InChI=1S/C25H25N3O3S2/c1-4-28-24(30)23-22(18(14-32-23)17-12-10-16(3)11-13-17)27-25(28)33-15-21(29)26-19-8-6-7-9-20(19)31-5-2/h6-14H,4-5,15H2,1-3H3,(H,26,29).